The Kier molecular flexibility index (Phi) is 26.5. The molecule has 2 aromatic carbocycles. The quantitative estimate of drug-likeness (QED) is 0.0475. The predicted octanol–water partition coefficient (Wildman–Crippen LogP) is 7.33. The first-order chi connectivity index (χ1) is 36.7. The van der Waals surface area contributed by atoms with Gasteiger partial charge in [-0.05, 0) is 235 Å². The third-order valence-electron chi connectivity index (χ3n) is 22.4. The Labute approximate surface area is 588 Å². The van der Waals surface area contributed by atoms with Crippen molar-refractivity contribution in [2.24, 2.45) is 80.8 Å². The number of fused-ring (bicyclic) bond motifs is 12. The largest absolute Gasteiger partial charge is 1.00 e. The summed E-state index contributed by atoms with van der Waals surface area (Å²) >= 11 is 15.4. The number of alkyl halides is 1. The second-order valence-electron chi connectivity index (χ2n) is 26.3. The molecule has 8 saturated carbocycles. The zero-order valence-corrected chi connectivity index (χ0v) is 57.6. The topological polar surface area (TPSA) is 189 Å². The average Bonchev–Trinajstić information content (AvgIpc) is 2.32. The van der Waals surface area contributed by atoms with Crippen LogP contribution >= 0.6 is 39.1 Å². The van der Waals surface area contributed by atoms with Gasteiger partial charge in [-0.2, -0.15) is 10.2 Å². The van der Waals surface area contributed by atoms with Crippen molar-refractivity contribution in [2.75, 3.05) is 32.8 Å². The standard InChI is InChI=1S/C30H41ClN2O3.C23H37BrO3.C7H5ClN2.CH2O3.2CH4.2K.H/c1-28(35)12-13-30(18-36-3)20(15-28)5-7-22-23-8-9-25(29(23,2)11-10-24(22)30)27(34)17-33-26-14-21(31)6-4-19(26)16-32-33;1-21(26)10-11-23(14-27-3)15(12-21)4-5-16-17-6-7-19(20(25)13-24)22(17,2)9-8-18(16)23;8-6-2-1-5-4-9-10-7(5)3-6;2-1-4-3;;;;;/h4,6,14,16,20,22-25,35H,5,7-13,15,17-18H2,1-3H3;15-19,26H,4-14H2,1-3H3;1-4H,(H,9,10);1,3H;2*1H4;;;/q;;;;;;2*+1;-1/p-1/t20-,22+,23+,24+,25-,28-,29+,30-;15-,16+,17+,18+,19-,21-,22+,23-;;;;;;;/m11......./s1. The molecule has 18 heteroatoms. The van der Waals surface area contributed by atoms with Gasteiger partial charge in [0.2, 0.25) is 0 Å². The number of benzene rings is 2. The number of carbonyl (C=O) groups excluding carboxylic acids is 3. The minimum atomic E-state index is -0.538. The minimum Gasteiger partial charge on any atom is -1.00 e. The SMILES string of the molecule is C.C.COC[C@]12CC[C@@](C)(O)C[C@H]1CC[C@H]1[C@@H]3CC[C@H](C(=O)CBr)[C@@]3(C)CC[C@@H]12.COC[C@]12CC[C@@](C)(O)C[C@H]1CC[C@H]1[C@@H]3CC[C@H](C(=O)Cn4ncc5ccc(Cl)cc54)[C@@]3(C)CC[C@@H]12.Clc1ccc2cn[nH]c2c1.O=CO[O-].[H-].[K+].[K+]. The zero-order chi connectivity index (χ0) is 55.1. The van der Waals surface area contributed by atoms with Crippen molar-refractivity contribution in [3.05, 3.63) is 58.8 Å². The number of ketones is 2. The van der Waals surface area contributed by atoms with Crippen molar-refractivity contribution in [1.82, 2.24) is 20.0 Å². The van der Waals surface area contributed by atoms with Gasteiger partial charge in [-0.1, -0.05) is 67.8 Å². The molecule has 8 aliphatic rings. The molecule has 8 aliphatic carbocycles. The van der Waals surface area contributed by atoms with Crippen LogP contribution in [0.5, 0.6) is 0 Å². The fraction of sp³-hybridized carbons (Fsp3) is 0.730. The second kappa shape index (κ2) is 29.8. The molecule has 0 spiro atoms. The van der Waals surface area contributed by atoms with Crippen molar-refractivity contribution in [2.45, 2.75) is 176 Å². The number of hydrogen-bond donors (Lipinski definition) is 3. The summed E-state index contributed by atoms with van der Waals surface area (Å²) in [4.78, 5) is 37.6. The fourth-order valence-electron chi connectivity index (χ4n) is 19.1. The molecule has 0 amide bonds. The Morgan fingerprint density at radius 3 is 1.67 bits per heavy atom. The van der Waals surface area contributed by atoms with Gasteiger partial charge in [0.25, 0.3) is 6.47 Å². The van der Waals surface area contributed by atoms with Gasteiger partial charge in [0.05, 0.1) is 53.2 Å². The van der Waals surface area contributed by atoms with E-state index in [1.807, 2.05) is 75.3 Å². The van der Waals surface area contributed by atoms with E-state index in [9.17, 15) is 19.8 Å². The van der Waals surface area contributed by atoms with Crippen molar-refractivity contribution < 1.29 is 148 Å². The summed E-state index contributed by atoms with van der Waals surface area (Å²) < 4.78 is 13.6. The van der Waals surface area contributed by atoms with Crippen LogP contribution < -0.4 is 108 Å². The number of ether oxygens (including phenoxy) is 2. The minimum absolute atomic E-state index is 0. The average molecular weight is 1280 g/mol. The number of aromatic amines is 1. The zero-order valence-electron chi connectivity index (χ0n) is 49.3. The number of hydrogen-bond acceptors (Lipinski definition) is 11. The Balaban J connectivity index is 0.000000277. The molecule has 442 valence electrons. The molecule has 0 unspecified atom stereocenters. The van der Waals surface area contributed by atoms with Crippen molar-refractivity contribution in [3.8, 4) is 0 Å². The molecule has 0 saturated heterocycles. The van der Waals surface area contributed by atoms with E-state index < -0.39 is 11.2 Å². The smallest absolute Gasteiger partial charge is 1.00 e. The molecule has 2 heterocycles. The molecular weight excluding hydrogens is 1190 g/mol. The van der Waals surface area contributed by atoms with Gasteiger partial charge in [-0.15, -0.1) is 0 Å². The van der Waals surface area contributed by atoms with E-state index >= 15 is 0 Å². The van der Waals surface area contributed by atoms with Crippen molar-refractivity contribution in [3.63, 3.8) is 0 Å². The van der Waals surface area contributed by atoms with Crippen LogP contribution in [0.2, 0.25) is 10.0 Å². The molecule has 0 bridgehead atoms. The molecule has 0 radical (unpaired) electrons. The second-order valence-corrected chi connectivity index (χ2v) is 27.7. The van der Waals surface area contributed by atoms with E-state index in [0.29, 0.717) is 69.9 Å². The molecule has 16 atom stereocenters. The normalized spacial score (nSPS) is 37.6. The van der Waals surface area contributed by atoms with Gasteiger partial charge in [-0.3, -0.25) is 24.2 Å². The number of rotatable bonds is 10. The van der Waals surface area contributed by atoms with E-state index in [-0.39, 0.29) is 159 Å². The summed E-state index contributed by atoms with van der Waals surface area (Å²) in [6, 6.07) is 11.4. The Morgan fingerprint density at radius 1 is 0.704 bits per heavy atom. The van der Waals surface area contributed by atoms with Crippen molar-refractivity contribution in [1.29, 1.82) is 0 Å². The molecule has 0 aliphatic heterocycles. The van der Waals surface area contributed by atoms with Crippen LogP contribution in [0.4, 0.5) is 0 Å². The number of halogens is 3. The van der Waals surface area contributed by atoms with E-state index in [0.717, 1.165) is 110 Å². The van der Waals surface area contributed by atoms with E-state index in [1.54, 1.807) is 6.20 Å². The molecule has 3 N–H and O–H groups in total. The third-order valence-corrected chi connectivity index (χ3v) is 23.4. The summed E-state index contributed by atoms with van der Waals surface area (Å²) in [5.74, 6) is 6.32. The summed E-state index contributed by atoms with van der Waals surface area (Å²) in [5.41, 5.74) is 1.59. The number of methoxy groups -OCH3 is 2. The fourth-order valence-corrected chi connectivity index (χ4v) is 19.8. The first-order valence-electron chi connectivity index (χ1n) is 28.7. The monoisotopic (exact) mass is 1280 g/mol. The first-order valence-corrected chi connectivity index (χ1v) is 30.6. The summed E-state index contributed by atoms with van der Waals surface area (Å²) in [5, 5.41) is 45.3. The summed E-state index contributed by atoms with van der Waals surface area (Å²) in [6.45, 7) is 10.7. The van der Waals surface area contributed by atoms with Gasteiger partial charge in [0.15, 0.2) is 5.78 Å². The summed E-state index contributed by atoms with van der Waals surface area (Å²) in [6.07, 6.45) is 23.5. The maximum Gasteiger partial charge on any atom is 1.00 e. The third kappa shape index (κ3) is 14.5. The van der Waals surface area contributed by atoms with Gasteiger partial charge < -0.3 is 31.3 Å². The van der Waals surface area contributed by atoms with Gasteiger partial charge in [-0.25, -0.2) is 0 Å². The van der Waals surface area contributed by atoms with Gasteiger partial charge in [0.1, 0.15) is 12.3 Å². The van der Waals surface area contributed by atoms with E-state index in [2.05, 4.69) is 50.0 Å². The number of nitrogens with zero attached hydrogens (tertiary/aromatic N) is 3. The molecule has 2 aromatic heterocycles. The van der Waals surface area contributed by atoms with Crippen LogP contribution in [0, 0.1) is 80.8 Å². The predicted molar refractivity (Wildman–Crippen MR) is 315 cm³/mol. The van der Waals surface area contributed by atoms with Crippen LogP contribution in [0.1, 0.15) is 160 Å². The maximum absolute atomic E-state index is 13.8. The Hall–Kier alpha value is 0.323. The van der Waals surface area contributed by atoms with Crippen LogP contribution in [-0.2, 0) is 35.3 Å². The number of nitrogens with one attached hydrogen (secondary N) is 1. The van der Waals surface area contributed by atoms with Crippen LogP contribution in [-0.4, -0.2) is 92.2 Å². The van der Waals surface area contributed by atoms with Crippen LogP contribution in [0.3, 0.4) is 0 Å². The number of carbonyl (C=O) groups is 3. The van der Waals surface area contributed by atoms with Gasteiger partial charge in [0, 0.05) is 46.9 Å². The number of H-pyrrole nitrogens is 1. The molecule has 13 nitrogen and oxygen atoms in total. The maximum atomic E-state index is 13.8. The molecule has 4 aromatic rings. The van der Waals surface area contributed by atoms with Gasteiger partial charge >= 0.3 is 103 Å². The summed E-state index contributed by atoms with van der Waals surface area (Å²) in [7, 11) is 3.71. The Morgan fingerprint density at radius 2 is 1.19 bits per heavy atom. The Bertz CT molecular complexity index is 2740. The molecule has 12 rings (SSSR count). The first kappa shape index (κ1) is 72.1. The number of aliphatic hydroxyl groups is 2. The van der Waals surface area contributed by atoms with Crippen molar-refractivity contribution >= 4 is 79.0 Å². The van der Waals surface area contributed by atoms with Crippen LogP contribution in [0.25, 0.3) is 21.8 Å². The van der Waals surface area contributed by atoms with E-state index in [1.165, 1.54) is 51.4 Å². The molecule has 8 fully saturated rings. The molecule has 81 heavy (non-hydrogen) atoms. The number of Topliss-reactive ketones (excluding diaryl/α,β-unsaturated/α-hetero) is 2. The van der Waals surface area contributed by atoms with Crippen LogP contribution in [0.15, 0.2) is 48.8 Å². The van der Waals surface area contributed by atoms with E-state index in [4.69, 9.17) is 42.7 Å². The molecular formula is C63H93BrCl2K2N4O9. The number of aromatic nitrogens is 4.